The van der Waals surface area contributed by atoms with Crippen molar-refractivity contribution in [3.63, 3.8) is 0 Å². The Kier molecular flexibility index (Phi) is 4.57. The number of fused-ring (bicyclic) bond motifs is 1. The van der Waals surface area contributed by atoms with E-state index < -0.39 is 29.3 Å². The average molecular weight is 353 g/mol. The maximum absolute atomic E-state index is 13.0. The van der Waals surface area contributed by atoms with E-state index in [1.807, 2.05) is 13.8 Å². The highest BCUT2D eigenvalue weighted by Crippen LogP contribution is 2.39. The Morgan fingerprint density at radius 1 is 1.27 bits per heavy atom. The van der Waals surface area contributed by atoms with Crippen molar-refractivity contribution in [2.75, 3.05) is 0 Å². The maximum atomic E-state index is 13.0. The summed E-state index contributed by atoms with van der Waals surface area (Å²) in [5.74, 6) is -1.11. The summed E-state index contributed by atoms with van der Waals surface area (Å²) in [6.07, 6.45) is 2.14. The summed E-state index contributed by atoms with van der Waals surface area (Å²) in [7, 11) is 0. The SMILES string of the molecule is CC(C)C[C@H](C(=O)N[C@](C)(C#N)C1CC1)N1C(=O)c2ccccc2C1=O. The first-order valence-electron chi connectivity index (χ1n) is 8.98. The predicted molar refractivity (Wildman–Crippen MR) is 95.1 cm³/mol. The molecule has 1 aromatic rings. The third-order valence-electron chi connectivity index (χ3n) is 5.14. The molecule has 136 valence electrons. The highest BCUT2D eigenvalue weighted by atomic mass is 16.2. The van der Waals surface area contributed by atoms with Crippen molar-refractivity contribution in [1.29, 1.82) is 5.26 Å². The molecule has 1 heterocycles. The molecule has 2 atom stereocenters. The highest BCUT2D eigenvalue weighted by Gasteiger charge is 2.47. The predicted octanol–water partition coefficient (Wildman–Crippen LogP) is 2.51. The van der Waals surface area contributed by atoms with Crippen molar-refractivity contribution in [2.45, 2.75) is 51.6 Å². The topological polar surface area (TPSA) is 90.3 Å². The molecule has 1 N–H and O–H groups in total. The number of carbonyl (C=O) groups excluding carboxylic acids is 3. The van der Waals surface area contributed by atoms with Crippen LogP contribution in [0.15, 0.2) is 24.3 Å². The van der Waals surface area contributed by atoms with Crippen LogP contribution in [0.4, 0.5) is 0 Å². The minimum Gasteiger partial charge on any atom is -0.336 e. The van der Waals surface area contributed by atoms with Gasteiger partial charge in [0.15, 0.2) is 0 Å². The lowest BCUT2D eigenvalue weighted by Gasteiger charge is -2.31. The molecule has 0 aromatic heterocycles. The Balaban J connectivity index is 1.90. The first kappa shape index (κ1) is 18.1. The van der Waals surface area contributed by atoms with Crippen LogP contribution >= 0.6 is 0 Å². The molecule has 0 saturated heterocycles. The van der Waals surface area contributed by atoms with E-state index in [-0.39, 0.29) is 11.8 Å². The Morgan fingerprint density at radius 3 is 2.23 bits per heavy atom. The molecule has 0 bridgehead atoms. The number of imide groups is 1. The summed E-state index contributed by atoms with van der Waals surface area (Å²) in [5, 5.41) is 12.3. The fraction of sp³-hybridized carbons (Fsp3) is 0.500. The number of carbonyl (C=O) groups is 3. The van der Waals surface area contributed by atoms with Crippen LogP contribution in [0, 0.1) is 23.2 Å². The zero-order chi connectivity index (χ0) is 19.1. The number of nitrogens with zero attached hydrogens (tertiary/aromatic N) is 2. The lowest BCUT2D eigenvalue weighted by Crippen LogP contribution is -2.56. The Hall–Kier alpha value is -2.68. The van der Waals surface area contributed by atoms with E-state index in [1.54, 1.807) is 31.2 Å². The fourth-order valence-electron chi connectivity index (χ4n) is 3.49. The van der Waals surface area contributed by atoms with Crippen molar-refractivity contribution >= 4 is 17.7 Å². The van der Waals surface area contributed by atoms with Crippen molar-refractivity contribution in [3.05, 3.63) is 35.4 Å². The molecule has 1 aliphatic carbocycles. The van der Waals surface area contributed by atoms with Gasteiger partial charge >= 0.3 is 0 Å². The van der Waals surface area contributed by atoms with E-state index in [9.17, 15) is 19.6 Å². The molecule has 0 radical (unpaired) electrons. The van der Waals surface area contributed by atoms with Crippen LogP contribution in [0.1, 0.15) is 60.7 Å². The first-order chi connectivity index (χ1) is 12.3. The monoisotopic (exact) mass is 353 g/mol. The third-order valence-corrected chi connectivity index (χ3v) is 5.14. The Labute approximate surface area is 153 Å². The van der Waals surface area contributed by atoms with Crippen molar-refractivity contribution in [2.24, 2.45) is 11.8 Å². The van der Waals surface area contributed by atoms with Gasteiger partial charge in [-0.2, -0.15) is 5.26 Å². The number of nitriles is 1. The van der Waals surface area contributed by atoms with Gasteiger partial charge in [0.2, 0.25) is 5.91 Å². The molecule has 1 aliphatic heterocycles. The largest absolute Gasteiger partial charge is 0.336 e. The van der Waals surface area contributed by atoms with E-state index in [4.69, 9.17) is 0 Å². The molecule has 26 heavy (non-hydrogen) atoms. The third kappa shape index (κ3) is 3.10. The summed E-state index contributed by atoms with van der Waals surface area (Å²) in [4.78, 5) is 39.6. The standard InChI is InChI=1S/C20H23N3O3/c1-12(2)10-16(17(24)22-20(3,11-21)13-8-9-13)23-18(25)14-6-4-5-7-15(14)19(23)26/h4-7,12-13,16H,8-10H2,1-3H3,(H,22,24)/t16-,20-/m1/s1. The van der Waals surface area contributed by atoms with Gasteiger partial charge in [-0.25, -0.2) is 0 Å². The van der Waals surface area contributed by atoms with Gasteiger partial charge in [-0.05, 0) is 50.2 Å². The zero-order valence-corrected chi connectivity index (χ0v) is 15.3. The molecule has 0 spiro atoms. The Morgan fingerprint density at radius 2 is 1.81 bits per heavy atom. The van der Waals surface area contributed by atoms with Gasteiger partial charge in [0.1, 0.15) is 11.6 Å². The first-order valence-corrected chi connectivity index (χ1v) is 8.98. The Bertz CT molecular complexity index is 772. The molecule has 6 heteroatoms. The van der Waals surface area contributed by atoms with Gasteiger partial charge in [-0.3, -0.25) is 19.3 Å². The fourth-order valence-corrected chi connectivity index (χ4v) is 3.49. The molecule has 2 aliphatic rings. The number of hydrogen-bond donors (Lipinski definition) is 1. The molecule has 3 rings (SSSR count). The smallest absolute Gasteiger partial charge is 0.262 e. The van der Waals surface area contributed by atoms with Crippen LogP contribution in [0.5, 0.6) is 0 Å². The second kappa shape index (κ2) is 6.56. The second-order valence-electron chi connectivity index (χ2n) is 7.75. The van der Waals surface area contributed by atoms with Crippen molar-refractivity contribution < 1.29 is 14.4 Å². The van der Waals surface area contributed by atoms with E-state index in [2.05, 4.69) is 11.4 Å². The normalized spacial score (nSPS) is 19.7. The summed E-state index contributed by atoms with van der Waals surface area (Å²) in [5.41, 5.74) is -0.320. The summed E-state index contributed by atoms with van der Waals surface area (Å²) >= 11 is 0. The van der Waals surface area contributed by atoms with E-state index in [1.165, 1.54) is 0 Å². The van der Waals surface area contributed by atoms with Gasteiger partial charge in [0, 0.05) is 0 Å². The van der Waals surface area contributed by atoms with E-state index >= 15 is 0 Å². The van der Waals surface area contributed by atoms with Crippen LogP contribution in [-0.4, -0.2) is 34.2 Å². The maximum Gasteiger partial charge on any atom is 0.262 e. The van der Waals surface area contributed by atoms with Crippen molar-refractivity contribution in [3.8, 4) is 6.07 Å². The molecule has 3 amide bonds. The van der Waals surface area contributed by atoms with Gasteiger partial charge < -0.3 is 5.32 Å². The van der Waals surface area contributed by atoms with E-state index in [0.717, 1.165) is 17.7 Å². The zero-order valence-electron chi connectivity index (χ0n) is 15.3. The minimum atomic E-state index is -0.967. The number of amides is 3. The molecule has 1 fully saturated rings. The molecule has 1 aromatic carbocycles. The van der Waals surface area contributed by atoms with Crippen LogP contribution in [0.25, 0.3) is 0 Å². The van der Waals surface area contributed by atoms with Crippen LogP contribution < -0.4 is 5.32 Å². The summed E-state index contributed by atoms with van der Waals surface area (Å²) < 4.78 is 0. The molecular weight excluding hydrogens is 330 g/mol. The number of benzene rings is 1. The molecule has 6 nitrogen and oxygen atoms in total. The van der Waals surface area contributed by atoms with E-state index in [0.29, 0.717) is 17.5 Å². The van der Waals surface area contributed by atoms with Crippen molar-refractivity contribution in [1.82, 2.24) is 10.2 Å². The number of hydrogen-bond acceptors (Lipinski definition) is 4. The molecular formula is C20H23N3O3. The summed E-state index contributed by atoms with van der Waals surface area (Å²) in [6.45, 7) is 5.57. The molecule has 1 saturated carbocycles. The van der Waals surface area contributed by atoms with Crippen LogP contribution in [0.2, 0.25) is 0 Å². The number of rotatable bonds is 6. The van der Waals surface area contributed by atoms with Gasteiger partial charge in [0.05, 0.1) is 17.2 Å². The highest BCUT2D eigenvalue weighted by molar-refractivity contribution is 6.22. The average Bonchev–Trinajstić information content (AvgIpc) is 3.42. The second-order valence-corrected chi connectivity index (χ2v) is 7.75. The quantitative estimate of drug-likeness (QED) is 0.796. The lowest BCUT2D eigenvalue weighted by atomic mass is 9.95. The lowest BCUT2D eigenvalue weighted by molar-refractivity contribution is -0.127. The summed E-state index contributed by atoms with van der Waals surface area (Å²) in [6, 6.07) is 7.87. The van der Waals surface area contributed by atoms with Crippen LogP contribution in [-0.2, 0) is 4.79 Å². The van der Waals surface area contributed by atoms with Gasteiger partial charge in [-0.15, -0.1) is 0 Å². The minimum absolute atomic E-state index is 0.101. The van der Waals surface area contributed by atoms with Gasteiger partial charge in [-0.1, -0.05) is 26.0 Å². The van der Waals surface area contributed by atoms with Crippen LogP contribution in [0.3, 0.4) is 0 Å². The number of nitrogens with one attached hydrogen (secondary N) is 1. The van der Waals surface area contributed by atoms with Gasteiger partial charge in [0.25, 0.3) is 11.8 Å². The molecule has 0 unspecified atom stereocenters.